The smallest absolute Gasteiger partial charge is 0.330 e. The van der Waals surface area contributed by atoms with Gasteiger partial charge in [-0.25, -0.2) is 4.79 Å². The number of benzene rings is 3. The molecule has 0 bridgehead atoms. The second-order valence-electron chi connectivity index (χ2n) is 10.2. The van der Waals surface area contributed by atoms with Crippen molar-refractivity contribution in [3.05, 3.63) is 76.5 Å². The molecule has 2 aromatic rings. The Labute approximate surface area is 260 Å². The quantitative estimate of drug-likeness (QED) is 0.114. The maximum Gasteiger partial charge on any atom is 0.330 e. The second kappa shape index (κ2) is 13.4. The molecule has 2 heterocycles. The predicted octanol–water partition coefficient (Wildman–Crippen LogP) is 1.99. The Morgan fingerprint density at radius 1 is 0.870 bits per heavy atom. The number of aromatic hydroxyl groups is 3. The fourth-order valence-corrected chi connectivity index (χ4v) is 4.73. The van der Waals surface area contributed by atoms with Crippen LogP contribution in [0.5, 0.6) is 34.5 Å². The van der Waals surface area contributed by atoms with Crippen LogP contribution in [0.1, 0.15) is 5.56 Å². The number of aliphatic hydroxyl groups excluding tert-OH is 3. The standard InChI is InChI=1S/C32H30O14/c1-41-22-9-16(10-23(42-2)27(22)37)31-24(13-19-20(35)11-18(34)12-21(19)44-31)45-32-30(40)29(39)28(38)25(46-32)14-43-26(36)8-5-15-3-6-17(33)7-4-15/h3-13,25,28-30,32-33,35,37-40H,14H2,1-2H3/t25-,28-,29+,30-,32-/m1/s1. The summed E-state index contributed by atoms with van der Waals surface area (Å²) < 4.78 is 33.3. The number of methoxy groups -OCH3 is 2. The number of phenolic OH excluding ortho intramolecular Hbond substituents is 3. The lowest BCUT2D eigenvalue weighted by atomic mass is 9.99. The number of ether oxygens (including phenoxy) is 5. The van der Waals surface area contributed by atoms with Gasteiger partial charge in [0.2, 0.25) is 12.0 Å². The summed E-state index contributed by atoms with van der Waals surface area (Å²) in [5.41, 5.74) is 0.310. The molecule has 0 spiro atoms. The molecule has 0 unspecified atom stereocenters. The number of carbonyl (C=O) groups is 1. The number of rotatable bonds is 9. The molecule has 5 rings (SSSR count). The van der Waals surface area contributed by atoms with E-state index in [2.05, 4.69) is 0 Å². The van der Waals surface area contributed by atoms with Crippen LogP contribution in [0.15, 0.2) is 69.9 Å². The lowest BCUT2D eigenvalue weighted by Gasteiger charge is -2.40. The van der Waals surface area contributed by atoms with Crippen LogP contribution in [0.2, 0.25) is 0 Å². The monoisotopic (exact) mass is 638 g/mol. The third kappa shape index (κ3) is 6.69. The van der Waals surface area contributed by atoms with Gasteiger partial charge in [0.05, 0.1) is 19.8 Å². The van der Waals surface area contributed by atoms with Crippen molar-refractivity contribution in [3.8, 4) is 57.1 Å². The highest BCUT2D eigenvalue weighted by molar-refractivity contribution is 5.87. The predicted molar refractivity (Wildman–Crippen MR) is 159 cm³/mol. The summed E-state index contributed by atoms with van der Waals surface area (Å²) in [6.45, 7) is -0.544. The van der Waals surface area contributed by atoms with Gasteiger partial charge in [0.15, 0.2) is 28.4 Å². The summed E-state index contributed by atoms with van der Waals surface area (Å²) >= 11 is 0. The molecule has 0 saturated carbocycles. The molecule has 1 aliphatic carbocycles. The van der Waals surface area contributed by atoms with Gasteiger partial charge >= 0.3 is 5.97 Å². The summed E-state index contributed by atoms with van der Waals surface area (Å²) in [5, 5.41) is 62.2. The number of esters is 1. The highest BCUT2D eigenvalue weighted by Gasteiger charge is 2.46. The molecule has 242 valence electrons. The average molecular weight is 639 g/mol. The van der Waals surface area contributed by atoms with E-state index in [9.17, 15) is 40.2 Å². The van der Waals surface area contributed by atoms with Gasteiger partial charge in [-0.2, -0.15) is 0 Å². The summed E-state index contributed by atoms with van der Waals surface area (Å²) in [6.07, 6.45) is -5.79. The summed E-state index contributed by atoms with van der Waals surface area (Å²) in [6, 6.07) is 12.2. The van der Waals surface area contributed by atoms with Crippen LogP contribution in [-0.4, -0.2) is 88.1 Å². The number of phenols is 3. The lowest BCUT2D eigenvalue weighted by molar-refractivity contribution is -0.278. The number of hydrogen-bond donors (Lipinski definition) is 6. The van der Waals surface area contributed by atoms with Crippen LogP contribution in [0.4, 0.5) is 0 Å². The van der Waals surface area contributed by atoms with Gasteiger partial charge in [-0.05, 0) is 42.0 Å². The topological polar surface area (TPSA) is 215 Å². The molecule has 2 aromatic carbocycles. The van der Waals surface area contributed by atoms with Gasteiger partial charge in [0.1, 0.15) is 48.3 Å². The molecular formula is C32H30O14. The molecule has 14 nitrogen and oxygen atoms in total. The second-order valence-corrected chi connectivity index (χ2v) is 10.2. The zero-order valence-electron chi connectivity index (χ0n) is 24.4. The molecule has 3 aliphatic rings. The van der Waals surface area contributed by atoms with E-state index in [4.69, 9.17) is 28.1 Å². The van der Waals surface area contributed by atoms with E-state index in [0.29, 0.717) is 5.56 Å². The molecule has 0 aromatic heterocycles. The number of hydrogen-bond acceptors (Lipinski definition) is 14. The van der Waals surface area contributed by atoms with Crippen molar-refractivity contribution in [1.82, 2.24) is 0 Å². The summed E-state index contributed by atoms with van der Waals surface area (Å²) in [7, 11) is 2.62. The van der Waals surface area contributed by atoms with Crippen LogP contribution >= 0.6 is 0 Å². The first-order valence-electron chi connectivity index (χ1n) is 13.8. The van der Waals surface area contributed by atoms with Gasteiger partial charge in [-0.1, -0.05) is 12.1 Å². The highest BCUT2D eigenvalue weighted by Crippen LogP contribution is 2.46. The van der Waals surface area contributed by atoms with Crippen molar-refractivity contribution in [2.45, 2.75) is 30.7 Å². The van der Waals surface area contributed by atoms with Crippen molar-refractivity contribution in [2.24, 2.45) is 0 Å². The van der Waals surface area contributed by atoms with E-state index in [1.54, 1.807) is 12.1 Å². The maximum atomic E-state index is 12.3. The van der Waals surface area contributed by atoms with Gasteiger partial charge in [-0.15, -0.1) is 0 Å². The molecule has 6 N–H and O–H groups in total. The maximum absolute atomic E-state index is 12.3. The van der Waals surface area contributed by atoms with Crippen molar-refractivity contribution in [1.29, 1.82) is 0 Å². The SMILES string of the molecule is COc1cc(-c2oc3cc(=O)cc(O)c-3cc2O[C@@H]2O[C@H](COC(=O)C=Cc3ccc(O)cc3)[C@@H](O)[C@H](O)[C@H]2O)cc(OC)c1O. The van der Waals surface area contributed by atoms with Gasteiger partial charge in [-0.3, -0.25) is 4.79 Å². The van der Waals surface area contributed by atoms with Crippen LogP contribution in [0, 0.1) is 0 Å². The Morgan fingerprint density at radius 3 is 2.20 bits per heavy atom. The van der Waals surface area contributed by atoms with E-state index < -0.39 is 54.5 Å². The van der Waals surface area contributed by atoms with E-state index in [-0.39, 0.29) is 51.4 Å². The minimum atomic E-state index is -1.82. The Bertz CT molecular complexity index is 1740. The summed E-state index contributed by atoms with van der Waals surface area (Å²) in [4.78, 5) is 24.4. The van der Waals surface area contributed by atoms with Crippen LogP contribution in [0.25, 0.3) is 28.7 Å². The minimum absolute atomic E-state index is 0.00939. The minimum Gasteiger partial charge on any atom is -0.508 e. The molecule has 5 atom stereocenters. The first kappa shape index (κ1) is 32.1. The van der Waals surface area contributed by atoms with E-state index >= 15 is 0 Å². The first-order chi connectivity index (χ1) is 22.0. The molecule has 2 aliphatic heterocycles. The molecule has 46 heavy (non-hydrogen) atoms. The first-order valence-corrected chi connectivity index (χ1v) is 13.8. The van der Waals surface area contributed by atoms with E-state index in [0.717, 1.165) is 18.2 Å². The molecule has 0 radical (unpaired) electrons. The van der Waals surface area contributed by atoms with Gasteiger partial charge < -0.3 is 58.7 Å². The fraction of sp³-hybridized carbons (Fsp3) is 0.250. The molecule has 14 heteroatoms. The lowest BCUT2D eigenvalue weighted by Crippen LogP contribution is -2.60. The van der Waals surface area contributed by atoms with Crippen molar-refractivity contribution < 1.29 is 63.5 Å². The van der Waals surface area contributed by atoms with E-state index in [1.165, 1.54) is 50.6 Å². The zero-order valence-corrected chi connectivity index (χ0v) is 24.4. The normalized spacial score (nSPS) is 21.3. The van der Waals surface area contributed by atoms with E-state index in [1.807, 2.05) is 0 Å². The van der Waals surface area contributed by atoms with Crippen LogP contribution in [0.3, 0.4) is 0 Å². The Morgan fingerprint density at radius 2 is 1.54 bits per heavy atom. The van der Waals surface area contributed by atoms with Crippen LogP contribution in [-0.2, 0) is 14.3 Å². The largest absolute Gasteiger partial charge is 0.508 e. The number of carbonyl (C=O) groups excluding carboxylic acids is 1. The number of fused-ring (bicyclic) bond motifs is 1. The Balaban J connectivity index is 1.44. The van der Waals surface area contributed by atoms with Gasteiger partial charge in [0.25, 0.3) is 0 Å². The zero-order chi connectivity index (χ0) is 33.1. The third-order valence-electron chi connectivity index (χ3n) is 7.15. The Hall–Kier alpha value is -5.28. The molecular weight excluding hydrogens is 608 g/mol. The molecule has 0 amide bonds. The van der Waals surface area contributed by atoms with Crippen molar-refractivity contribution in [3.63, 3.8) is 0 Å². The van der Waals surface area contributed by atoms with Gasteiger partial charge in [0, 0.05) is 23.8 Å². The Kier molecular flexibility index (Phi) is 9.34. The fourth-order valence-electron chi connectivity index (χ4n) is 4.73. The van der Waals surface area contributed by atoms with Crippen molar-refractivity contribution in [2.75, 3.05) is 20.8 Å². The molecule has 1 fully saturated rings. The van der Waals surface area contributed by atoms with Crippen molar-refractivity contribution >= 4 is 12.0 Å². The average Bonchev–Trinajstić information content (AvgIpc) is 3.04. The highest BCUT2D eigenvalue weighted by atomic mass is 16.7. The molecule has 1 saturated heterocycles. The number of aliphatic hydroxyl groups is 3. The van der Waals surface area contributed by atoms with Crippen LogP contribution < -0.4 is 19.6 Å². The summed E-state index contributed by atoms with van der Waals surface area (Å²) in [5.74, 6) is -1.81. The third-order valence-corrected chi connectivity index (χ3v) is 7.15.